The maximum atomic E-state index is 12.9. The normalized spacial score (nSPS) is 21.7. The minimum Gasteiger partial charge on any atom is -0.309 e. The monoisotopic (exact) mass is 289 g/mol. The minimum absolute atomic E-state index is 0.146. The highest BCUT2D eigenvalue weighted by Gasteiger charge is 2.29. The molecule has 1 aromatic heterocycles. The topological polar surface area (TPSA) is 12.0 Å². The van der Waals surface area contributed by atoms with Crippen LogP contribution in [0.25, 0.3) is 0 Å². The van der Waals surface area contributed by atoms with Crippen molar-refractivity contribution in [2.45, 2.75) is 44.7 Å². The van der Waals surface area contributed by atoms with Gasteiger partial charge in [-0.15, -0.1) is 11.3 Å². The Labute approximate surface area is 123 Å². The largest absolute Gasteiger partial charge is 0.309 e. The van der Waals surface area contributed by atoms with Crippen molar-refractivity contribution in [3.63, 3.8) is 0 Å². The van der Waals surface area contributed by atoms with Crippen LogP contribution in [0.2, 0.25) is 0 Å². The summed E-state index contributed by atoms with van der Waals surface area (Å²) in [5.41, 5.74) is 2.74. The van der Waals surface area contributed by atoms with Gasteiger partial charge < -0.3 is 5.32 Å². The summed E-state index contributed by atoms with van der Waals surface area (Å²) in [6, 6.07) is 9.81. The predicted molar refractivity (Wildman–Crippen MR) is 82.7 cm³/mol. The van der Waals surface area contributed by atoms with E-state index < -0.39 is 0 Å². The third-order valence-electron chi connectivity index (χ3n) is 4.25. The molecule has 1 heterocycles. The van der Waals surface area contributed by atoms with Crippen LogP contribution in [0.5, 0.6) is 0 Å². The van der Waals surface area contributed by atoms with Gasteiger partial charge in [-0.2, -0.15) is 0 Å². The summed E-state index contributed by atoms with van der Waals surface area (Å²) in [7, 11) is 0. The summed E-state index contributed by atoms with van der Waals surface area (Å²) in [6.07, 6.45) is 3.44. The van der Waals surface area contributed by atoms with Crippen LogP contribution in [0, 0.1) is 5.82 Å². The Hall–Kier alpha value is -1.19. The average Bonchev–Trinajstić information content (AvgIpc) is 2.86. The van der Waals surface area contributed by atoms with E-state index in [0.717, 1.165) is 13.0 Å². The lowest BCUT2D eigenvalue weighted by Gasteiger charge is -2.36. The first-order chi connectivity index (χ1) is 9.76. The molecule has 1 aliphatic rings. The Balaban J connectivity index is 1.48. The lowest BCUT2D eigenvalue weighted by molar-refractivity contribution is 0.290. The fourth-order valence-corrected chi connectivity index (χ4v) is 3.79. The minimum atomic E-state index is -0.146. The smallest absolute Gasteiger partial charge is 0.123 e. The summed E-state index contributed by atoms with van der Waals surface area (Å²) in [5.74, 6) is 0.453. The van der Waals surface area contributed by atoms with Crippen molar-refractivity contribution in [1.29, 1.82) is 0 Å². The van der Waals surface area contributed by atoms with Gasteiger partial charge in [-0.05, 0) is 59.9 Å². The summed E-state index contributed by atoms with van der Waals surface area (Å²) in [6.45, 7) is 3.20. The van der Waals surface area contributed by atoms with E-state index in [0.29, 0.717) is 12.0 Å². The Kier molecular flexibility index (Phi) is 4.18. The van der Waals surface area contributed by atoms with Crippen molar-refractivity contribution in [3.05, 3.63) is 57.5 Å². The third-order valence-corrected chi connectivity index (χ3v) is 5.21. The quantitative estimate of drug-likeness (QED) is 0.855. The van der Waals surface area contributed by atoms with Gasteiger partial charge in [0.25, 0.3) is 0 Å². The van der Waals surface area contributed by atoms with Gasteiger partial charge in [0.15, 0.2) is 0 Å². The molecule has 1 nitrogen and oxygen atoms in total. The van der Waals surface area contributed by atoms with Gasteiger partial charge in [0.2, 0.25) is 0 Å². The van der Waals surface area contributed by atoms with Gasteiger partial charge in [0, 0.05) is 17.5 Å². The molecule has 1 aromatic carbocycles. The highest BCUT2D eigenvalue weighted by molar-refractivity contribution is 7.10. The number of aryl methyl sites for hydroxylation is 1. The Morgan fingerprint density at radius 1 is 1.20 bits per heavy atom. The van der Waals surface area contributed by atoms with Gasteiger partial charge >= 0.3 is 0 Å². The van der Waals surface area contributed by atoms with Crippen LogP contribution in [0.15, 0.2) is 35.7 Å². The fraction of sp³-hybridized carbons (Fsp3) is 0.412. The van der Waals surface area contributed by atoms with Crippen molar-refractivity contribution in [3.8, 4) is 0 Å². The van der Waals surface area contributed by atoms with Crippen LogP contribution in [0.1, 0.15) is 41.7 Å². The first-order valence-corrected chi connectivity index (χ1v) is 8.18. The number of halogens is 1. The van der Waals surface area contributed by atoms with Crippen molar-refractivity contribution >= 4 is 11.3 Å². The molecule has 3 heteroatoms. The second kappa shape index (κ2) is 6.06. The van der Waals surface area contributed by atoms with E-state index >= 15 is 0 Å². The third kappa shape index (κ3) is 2.94. The lowest BCUT2D eigenvalue weighted by Crippen LogP contribution is -2.39. The molecule has 0 atom stereocenters. The summed E-state index contributed by atoms with van der Waals surface area (Å²) < 4.78 is 12.9. The molecule has 0 spiro atoms. The number of benzene rings is 1. The van der Waals surface area contributed by atoms with E-state index in [2.05, 4.69) is 23.7 Å². The van der Waals surface area contributed by atoms with Crippen LogP contribution in [-0.2, 0) is 13.0 Å². The van der Waals surface area contributed by atoms with Crippen LogP contribution in [0.3, 0.4) is 0 Å². The van der Waals surface area contributed by atoms with Crippen LogP contribution < -0.4 is 5.32 Å². The second-order valence-corrected chi connectivity index (χ2v) is 6.52. The Morgan fingerprint density at radius 3 is 2.65 bits per heavy atom. The highest BCUT2D eigenvalue weighted by Crippen LogP contribution is 2.37. The molecule has 1 fully saturated rings. The van der Waals surface area contributed by atoms with E-state index in [9.17, 15) is 4.39 Å². The molecule has 1 N–H and O–H groups in total. The van der Waals surface area contributed by atoms with Crippen LogP contribution >= 0.6 is 11.3 Å². The molecule has 0 radical (unpaired) electrons. The van der Waals surface area contributed by atoms with E-state index in [1.165, 1.54) is 28.8 Å². The molecule has 0 saturated heterocycles. The molecule has 0 aliphatic heterocycles. The molecule has 0 unspecified atom stereocenters. The van der Waals surface area contributed by atoms with Crippen molar-refractivity contribution in [2.24, 2.45) is 0 Å². The zero-order valence-electron chi connectivity index (χ0n) is 11.7. The second-order valence-electron chi connectivity index (χ2n) is 5.52. The van der Waals surface area contributed by atoms with Gasteiger partial charge in [0.05, 0.1) is 0 Å². The van der Waals surface area contributed by atoms with Crippen molar-refractivity contribution < 1.29 is 4.39 Å². The van der Waals surface area contributed by atoms with Crippen molar-refractivity contribution in [1.82, 2.24) is 5.32 Å². The van der Waals surface area contributed by atoms with E-state index in [1.807, 2.05) is 23.5 Å². The van der Waals surface area contributed by atoms with Crippen LogP contribution in [0.4, 0.5) is 4.39 Å². The predicted octanol–water partition coefficient (Wildman–Crippen LogP) is 4.49. The molecular weight excluding hydrogens is 269 g/mol. The average molecular weight is 289 g/mol. The molecule has 20 heavy (non-hydrogen) atoms. The van der Waals surface area contributed by atoms with E-state index in [-0.39, 0.29) is 5.82 Å². The number of thiophene rings is 1. The number of nitrogens with one attached hydrogen (secondary N) is 1. The zero-order chi connectivity index (χ0) is 13.9. The maximum absolute atomic E-state index is 12.9. The van der Waals surface area contributed by atoms with E-state index in [4.69, 9.17) is 0 Å². The SMILES string of the molecule is CCc1ccsc1CNC1CC(c2ccc(F)cc2)C1. The molecule has 1 aliphatic carbocycles. The summed E-state index contributed by atoms with van der Waals surface area (Å²) >= 11 is 1.85. The summed E-state index contributed by atoms with van der Waals surface area (Å²) in [5, 5.41) is 5.82. The highest BCUT2D eigenvalue weighted by atomic mass is 32.1. The van der Waals surface area contributed by atoms with Gasteiger partial charge in [-0.25, -0.2) is 4.39 Å². The van der Waals surface area contributed by atoms with E-state index in [1.54, 1.807) is 12.1 Å². The molecule has 3 rings (SSSR count). The fourth-order valence-electron chi connectivity index (χ4n) is 2.87. The first-order valence-electron chi connectivity index (χ1n) is 7.30. The Bertz CT molecular complexity index is 555. The zero-order valence-corrected chi connectivity index (χ0v) is 12.5. The molecule has 106 valence electrons. The lowest BCUT2D eigenvalue weighted by atomic mass is 9.76. The van der Waals surface area contributed by atoms with Gasteiger partial charge in [-0.1, -0.05) is 19.1 Å². The van der Waals surface area contributed by atoms with Gasteiger partial charge in [0.1, 0.15) is 5.82 Å². The van der Waals surface area contributed by atoms with Crippen molar-refractivity contribution in [2.75, 3.05) is 0 Å². The summed E-state index contributed by atoms with van der Waals surface area (Å²) in [4.78, 5) is 1.47. The number of hydrogen-bond donors (Lipinski definition) is 1. The molecule has 1 saturated carbocycles. The molecule has 0 amide bonds. The molecule has 0 bridgehead atoms. The molecule has 2 aromatic rings. The Morgan fingerprint density at radius 2 is 1.95 bits per heavy atom. The first kappa shape index (κ1) is 13.8. The maximum Gasteiger partial charge on any atom is 0.123 e. The standard InChI is InChI=1S/C17H20FNS/c1-2-12-7-8-20-17(12)11-19-16-9-14(10-16)13-3-5-15(18)6-4-13/h3-8,14,16,19H,2,9-11H2,1H3. The van der Waals surface area contributed by atoms with Crippen LogP contribution in [-0.4, -0.2) is 6.04 Å². The molecular formula is C17H20FNS. The van der Waals surface area contributed by atoms with Gasteiger partial charge in [-0.3, -0.25) is 0 Å². The number of rotatable bonds is 5. The number of hydrogen-bond acceptors (Lipinski definition) is 2.